The van der Waals surface area contributed by atoms with Gasteiger partial charge in [-0.1, -0.05) is 30.0 Å². The van der Waals surface area contributed by atoms with Crippen molar-refractivity contribution in [3.05, 3.63) is 63.4 Å². The van der Waals surface area contributed by atoms with Crippen LogP contribution in [-0.4, -0.2) is 46.6 Å². The van der Waals surface area contributed by atoms with Gasteiger partial charge in [-0.15, -0.1) is 0 Å². The zero-order chi connectivity index (χ0) is 22.8. The number of fused-ring (bicyclic) bond motifs is 1. The summed E-state index contributed by atoms with van der Waals surface area (Å²) in [5.41, 5.74) is 1.59. The van der Waals surface area contributed by atoms with Gasteiger partial charge in [0.05, 0.1) is 16.8 Å². The lowest BCUT2D eigenvalue weighted by atomic mass is 10.2. The molecule has 0 radical (unpaired) electrons. The van der Waals surface area contributed by atoms with Gasteiger partial charge >= 0.3 is 0 Å². The van der Waals surface area contributed by atoms with Crippen molar-refractivity contribution in [1.29, 1.82) is 0 Å². The Labute approximate surface area is 195 Å². The third-order valence-corrected chi connectivity index (χ3v) is 6.47. The summed E-state index contributed by atoms with van der Waals surface area (Å²) in [6, 6.07) is 3.68. The van der Waals surface area contributed by atoms with Crippen molar-refractivity contribution in [2.75, 3.05) is 11.9 Å². The molecule has 0 unspecified atom stereocenters. The highest BCUT2D eigenvalue weighted by Crippen LogP contribution is 2.34. The van der Waals surface area contributed by atoms with Crippen LogP contribution in [-0.2, 0) is 11.3 Å². The van der Waals surface area contributed by atoms with Crippen molar-refractivity contribution in [3.63, 3.8) is 0 Å². The standard InChI is InChI=1S/C22H24N6O2S2/c1-14(2)28-21(30)17(32-22(28)31)12-16-18(24-7-5-9-26-11-8-23-13-26)25-19-15(3)6-4-10-27(19)20(16)29/h4,6,8,10-14,24H,5,7,9H2,1-3H3/b17-12-. The lowest BCUT2D eigenvalue weighted by Crippen LogP contribution is -2.34. The van der Waals surface area contributed by atoms with Crippen LogP contribution in [0.3, 0.4) is 0 Å². The van der Waals surface area contributed by atoms with Crippen LogP contribution in [0.2, 0.25) is 0 Å². The molecule has 1 aliphatic heterocycles. The minimum Gasteiger partial charge on any atom is -0.369 e. The fraction of sp³-hybridized carbons (Fsp3) is 0.318. The number of aromatic nitrogens is 4. The molecular weight excluding hydrogens is 444 g/mol. The normalized spacial score (nSPS) is 15.5. The zero-order valence-corrected chi connectivity index (χ0v) is 19.7. The van der Waals surface area contributed by atoms with Crippen LogP contribution >= 0.6 is 24.0 Å². The summed E-state index contributed by atoms with van der Waals surface area (Å²) in [5, 5.41) is 3.30. The molecule has 1 fully saturated rings. The Bertz CT molecular complexity index is 1260. The average Bonchev–Trinajstić information content (AvgIpc) is 3.36. The van der Waals surface area contributed by atoms with Crippen LogP contribution in [0.1, 0.15) is 31.4 Å². The minimum absolute atomic E-state index is 0.0485. The van der Waals surface area contributed by atoms with Crippen LogP contribution in [0.25, 0.3) is 11.7 Å². The van der Waals surface area contributed by atoms with Crippen LogP contribution in [0.15, 0.2) is 46.8 Å². The Morgan fingerprint density at radius 3 is 2.78 bits per heavy atom. The minimum atomic E-state index is -0.231. The van der Waals surface area contributed by atoms with Gasteiger partial charge in [-0.2, -0.15) is 0 Å². The predicted octanol–water partition coefficient (Wildman–Crippen LogP) is 3.31. The second kappa shape index (κ2) is 9.25. The lowest BCUT2D eigenvalue weighted by Gasteiger charge is -2.18. The molecule has 4 heterocycles. The number of pyridine rings is 1. The molecule has 0 atom stereocenters. The first-order valence-corrected chi connectivity index (χ1v) is 11.6. The van der Waals surface area contributed by atoms with Gasteiger partial charge in [0.15, 0.2) is 0 Å². The summed E-state index contributed by atoms with van der Waals surface area (Å²) >= 11 is 6.59. The molecule has 1 aliphatic rings. The fourth-order valence-electron chi connectivity index (χ4n) is 3.52. The summed E-state index contributed by atoms with van der Waals surface area (Å²) < 4.78 is 4.00. The summed E-state index contributed by atoms with van der Waals surface area (Å²) in [7, 11) is 0. The number of nitrogens with zero attached hydrogens (tertiary/aromatic N) is 5. The van der Waals surface area contributed by atoms with E-state index in [1.54, 1.807) is 29.7 Å². The monoisotopic (exact) mass is 468 g/mol. The molecule has 10 heteroatoms. The van der Waals surface area contributed by atoms with Crippen molar-refractivity contribution >= 4 is 51.7 Å². The van der Waals surface area contributed by atoms with Gasteiger partial charge in [0, 0.05) is 37.7 Å². The molecule has 8 nitrogen and oxygen atoms in total. The second-order valence-electron chi connectivity index (χ2n) is 7.79. The number of thioether (sulfide) groups is 1. The highest BCUT2D eigenvalue weighted by atomic mass is 32.2. The van der Waals surface area contributed by atoms with Gasteiger partial charge in [0.1, 0.15) is 15.8 Å². The van der Waals surface area contributed by atoms with Crippen molar-refractivity contribution < 1.29 is 4.79 Å². The van der Waals surface area contributed by atoms with E-state index in [1.165, 1.54) is 16.2 Å². The Balaban J connectivity index is 1.70. The van der Waals surface area contributed by atoms with E-state index >= 15 is 0 Å². The van der Waals surface area contributed by atoms with E-state index in [-0.39, 0.29) is 17.5 Å². The Kier molecular flexibility index (Phi) is 6.43. The molecule has 0 bridgehead atoms. The maximum atomic E-state index is 13.4. The van der Waals surface area contributed by atoms with Gasteiger partial charge in [-0.05, 0) is 44.9 Å². The average molecular weight is 469 g/mol. The quantitative estimate of drug-likeness (QED) is 0.323. The van der Waals surface area contributed by atoms with Crippen LogP contribution in [0.4, 0.5) is 5.82 Å². The Hall–Kier alpha value is -2.98. The Morgan fingerprint density at radius 2 is 2.09 bits per heavy atom. The van der Waals surface area contributed by atoms with Crippen molar-refractivity contribution in [2.24, 2.45) is 0 Å². The number of aryl methyl sites for hydroxylation is 2. The predicted molar refractivity (Wildman–Crippen MR) is 132 cm³/mol. The third kappa shape index (κ3) is 4.33. The van der Waals surface area contributed by atoms with E-state index in [9.17, 15) is 9.59 Å². The van der Waals surface area contributed by atoms with Crippen molar-refractivity contribution in [2.45, 2.75) is 39.8 Å². The number of thiocarbonyl (C=S) groups is 1. The molecule has 1 amide bonds. The molecule has 166 valence electrons. The van der Waals surface area contributed by atoms with Crippen LogP contribution < -0.4 is 10.9 Å². The van der Waals surface area contributed by atoms with Crippen LogP contribution in [0.5, 0.6) is 0 Å². The number of carbonyl (C=O) groups is 1. The molecule has 32 heavy (non-hydrogen) atoms. The van der Waals surface area contributed by atoms with Crippen molar-refractivity contribution in [3.8, 4) is 0 Å². The first-order valence-electron chi connectivity index (χ1n) is 10.4. The molecule has 4 rings (SSSR count). The largest absolute Gasteiger partial charge is 0.369 e. The second-order valence-corrected chi connectivity index (χ2v) is 9.47. The fourth-order valence-corrected chi connectivity index (χ4v) is 5.03. The smallest absolute Gasteiger partial charge is 0.267 e. The van der Waals surface area contributed by atoms with Gasteiger partial charge in [-0.25, -0.2) is 9.97 Å². The molecule has 0 saturated carbocycles. The van der Waals surface area contributed by atoms with E-state index in [2.05, 4.69) is 10.3 Å². The van der Waals surface area contributed by atoms with Gasteiger partial charge < -0.3 is 9.88 Å². The number of nitrogens with one attached hydrogen (secondary N) is 1. The molecule has 0 aliphatic carbocycles. The number of anilines is 1. The van der Waals surface area contributed by atoms with Gasteiger partial charge in [0.2, 0.25) is 0 Å². The number of carbonyl (C=O) groups excluding carboxylic acids is 1. The molecule has 0 aromatic carbocycles. The number of hydrogen-bond donors (Lipinski definition) is 1. The van der Waals surface area contributed by atoms with E-state index in [0.717, 1.165) is 18.5 Å². The maximum Gasteiger partial charge on any atom is 0.267 e. The van der Waals surface area contributed by atoms with E-state index in [0.29, 0.717) is 32.8 Å². The number of imidazole rings is 1. The first-order chi connectivity index (χ1) is 15.4. The summed E-state index contributed by atoms with van der Waals surface area (Å²) in [6.45, 7) is 7.14. The SMILES string of the molecule is Cc1cccn2c(=O)c(/C=C3\SC(=S)N(C(C)C)C3=O)c(NCCCn3ccnc3)nc12. The summed E-state index contributed by atoms with van der Waals surface area (Å²) in [5.74, 6) is 0.277. The van der Waals surface area contributed by atoms with Gasteiger partial charge in [0.25, 0.3) is 11.5 Å². The molecule has 3 aromatic heterocycles. The zero-order valence-electron chi connectivity index (χ0n) is 18.1. The number of rotatable bonds is 7. The molecule has 1 saturated heterocycles. The van der Waals surface area contributed by atoms with Crippen molar-refractivity contribution in [1.82, 2.24) is 23.8 Å². The summed E-state index contributed by atoms with van der Waals surface area (Å²) in [6.07, 6.45) is 9.55. The first kappa shape index (κ1) is 22.2. The number of amides is 1. The maximum absolute atomic E-state index is 13.4. The molecular formula is C22H24N6O2S2. The topological polar surface area (TPSA) is 84.5 Å². The van der Waals surface area contributed by atoms with E-state index < -0.39 is 0 Å². The lowest BCUT2D eigenvalue weighted by molar-refractivity contribution is -0.123. The number of hydrogen-bond acceptors (Lipinski definition) is 7. The highest BCUT2D eigenvalue weighted by Gasteiger charge is 2.34. The highest BCUT2D eigenvalue weighted by molar-refractivity contribution is 8.26. The van der Waals surface area contributed by atoms with Crippen LogP contribution in [0, 0.1) is 6.92 Å². The molecule has 0 spiro atoms. The molecule has 1 N–H and O–H groups in total. The van der Waals surface area contributed by atoms with E-state index in [4.69, 9.17) is 17.2 Å². The summed E-state index contributed by atoms with van der Waals surface area (Å²) in [4.78, 5) is 37.0. The third-order valence-electron chi connectivity index (χ3n) is 5.14. The van der Waals surface area contributed by atoms with E-state index in [1.807, 2.05) is 43.7 Å². The Morgan fingerprint density at radius 1 is 1.28 bits per heavy atom. The molecule has 3 aromatic rings. The van der Waals surface area contributed by atoms with Gasteiger partial charge in [-0.3, -0.25) is 18.9 Å².